The van der Waals surface area contributed by atoms with Crippen molar-refractivity contribution in [2.45, 2.75) is 26.3 Å². The Bertz CT molecular complexity index is 407. The summed E-state index contributed by atoms with van der Waals surface area (Å²) in [6.45, 7) is 2.55. The van der Waals surface area contributed by atoms with E-state index in [1.54, 1.807) is 18.0 Å². The summed E-state index contributed by atoms with van der Waals surface area (Å²) in [5.41, 5.74) is 1.62. The molecular formula is C13H16N2O. The maximum Gasteiger partial charge on any atom is 0.222 e. The van der Waals surface area contributed by atoms with Crippen molar-refractivity contribution in [2.75, 3.05) is 7.05 Å². The summed E-state index contributed by atoms with van der Waals surface area (Å²) in [6.07, 6.45) is 1.44. The minimum atomic E-state index is 0.143. The highest BCUT2D eigenvalue weighted by Crippen LogP contribution is 2.08. The first-order chi connectivity index (χ1) is 7.67. The number of carbonyl (C=O) groups is 1. The fourth-order valence-corrected chi connectivity index (χ4v) is 1.51. The quantitative estimate of drug-likeness (QED) is 0.775. The molecule has 1 aromatic carbocycles. The zero-order chi connectivity index (χ0) is 12.0. The van der Waals surface area contributed by atoms with Crippen LogP contribution in [0.3, 0.4) is 0 Å². The van der Waals surface area contributed by atoms with Crippen LogP contribution in [0.4, 0.5) is 0 Å². The maximum atomic E-state index is 11.6. The van der Waals surface area contributed by atoms with Crippen LogP contribution in [0.25, 0.3) is 0 Å². The van der Waals surface area contributed by atoms with Gasteiger partial charge in [-0.2, -0.15) is 5.26 Å². The third-order valence-corrected chi connectivity index (χ3v) is 2.37. The lowest BCUT2D eigenvalue weighted by Gasteiger charge is -2.16. The van der Waals surface area contributed by atoms with Gasteiger partial charge in [0.1, 0.15) is 0 Å². The molecule has 0 aliphatic carbocycles. The van der Waals surface area contributed by atoms with Gasteiger partial charge in [0.15, 0.2) is 0 Å². The Kier molecular flexibility index (Phi) is 4.53. The second-order valence-electron chi connectivity index (χ2n) is 3.81. The normalized spacial score (nSPS) is 9.56. The average Bonchev–Trinajstić information content (AvgIpc) is 2.29. The van der Waals surface area contributed by atoms with E-state index >= 15 is 0 Å². The minimum absolute atomic E-state index is 0.143. The van der Waals surface area contributed by atoms with Gasteiger partial charge in [-0.1, -0.05) is 19.1 Å². The van der Waals surface area contributed by atoms with Crippen LogP contribution in [0.1, 0.15) is 30.9 Å². The van der Waals surface area contributed by atoms with Crippen LogP contribution in [0.2, 0.25) is 0 Å². The van der Waals surface area contributed by atoms with E-state index in [0.717, 1.165) is 12.0 Å². The Labute approximate surface area is 96.3 Å². The van der Waals surface area contributed by atoms with Crippen molar-refractivity contribution in [3.8, 4) is 6.07 Å². The van der Waals surface area contributed by atoms with Crippen molar-refractivity contribution in [1.82, 2.24) is 4.90 Å². The molecule has 0 radical (unpaired) electrons. The predicted octanol–water partition coefficient (Wildman–Crippen LogP) is 2.32. The lowest BCUT2D eigenvalue weighted by Crippen LogP contribution is -2.25. The van der Waals surface area contributed by atoms with Crippen LogP contribution in [-0.4, -0.2) is 17.9 Å². The smallest absolute Gasteiger partial charge is 0.222 e. The SMILES string of the molecule is CCCC(=O)N(C)Cc1cccc(C#N)c1. The van der Waals surface area contributed by atoms with Crippen molar-refractivity contribution in [3.05, 3.63) is 35.4 Å². The molecule has 84 valence electrons. The summed E-state index contributed by atoms with van der Waals surface area (Å²) in [6, 6.07) is 9.43. The van der Waals surface area contributed by atoms with Crippen LogP contribution in [0.15, 0.2) is 24.3 Å². The number of nitrogens with zero attached hydrogens (tertiary/aromatic N) is 2. The zero-order valence-electron chi connectivity index (χ0n) is 9.73. The largest absolute Gasteiger partial charge is 0.341 e. The molecule has 1 amide bonds. The highest BCUT2D eigenvalue weighted by atomic mass is 16.2. The highest BCUT2D eigenvalue weighted by molar-refractivity contribution is 5.75. The van der Waals surface area contributed by atoms with Crippen LogP contribution in [0.5, 0.6) is 0 Å². The standard InChI is InChI=1S/C13H16N2O/c1-3-5-13(16)15(2)10-12-7-4-6-11(8-12)9-14/h4,6-8H,3,5,10H2,1-2H3. The van der Waals surface area contributed by atoms with E-state index in [-0.39, 0.29) is 5.91 Å². The van der Waals surface area contributed by atoms with Crippen molar-refractivity contribution >= 4 is 5.91 Å². The molecule has 0 saturated carbocycles. The number of nitriles is 1. The first-order valence-corrected chi connectivity index (χ1v) is 5.40. The van der Waals surface area contributed by atoms with E-state index in [4.69, 9.17) is 5.26 Å². The van der Waals surface area contributed by atoms with Crippen LogP contribution in [-0.2, 0) is 11.3 Å². The second-order valence-corrected chi connectivity index (χ2v) is 3.81. The molecular weight excluding hydrogens is 200 g/mol. The summed E-state index contributed by atoms with van der Waals surface area (Å²) < 4.78 is 0. The lowest BCUT2D eigenvalue weighted by atomic mass is 10.1. The molecule has 0 bridgehead atoms. The molecule has 0 fully saturated rings. The van der Waals surface area contributed by atoms with Gasteiger partial charge in [0.2, 0.25) is 5.91 Å². The third kappa shape index (κ3) is 3.39. The maximum absolute atomic E-state index is 11.6. The second kappa shape index (κ2) is 5.92. The number of amides is 1. The molecule has 0 saturated heterocycles. The number of carbonyl (C=O) groups excluding carboxylic acids is 1. The van der Waals surface area contributed by atoms with E-state index in [0.29, 0.717) is 18.5 Å². The molecule has 3 heteroatoms. The molecule has 0 aliphatic rings. The Balaban J connectivity index is 2.66. The van der Waals surface area contributed by atoms with Crippen molar-refractivity contribution < 1.29 is 4.79 Å². The molecule has 0 spiro atoms. The summed E-state index contributed by atoms with van der Waals surface area (Å²) in [5, 5.41) is 8.76. The van der Waals surface area contributed by atoms with Crippen LogP contribution in [0, 0.1) is 11.3 Å². The van der Waals surface area contributed by atoms with E-state index < -0.39 is 0 Å². The Morgan fingerprint density at radius 2 is 2.25 bits per heavy atom. The van der Waals surface area contributed by atoms with Gasteiger partial charge < -0.3 is 4.90 Å². The van der Waals surface area contributed by atoms with Gasteiger partial charge in [-0.15, -0.1) is 0 Å². The van der Waals surface area contributed by atoms with Gasteiger partial charge >= 0.3 is 0 Å². The number of benzene rings is 1. The average molecular weight is 216 g/mol. The fraction of sp³-hybridized carbons (Fsp3) is 0.385. The van der Waals surface area contributed by atoms with E-state index in [1.807, 2.05) is 25.1 Å². The number of hydrogen-bond donors (Lipinski definition) is 0. The van der Waals surface area contributed by atoms with Gasteiger partial charge in [0, 0.05) is 20.0 Å². The topological polar surface area (TPSA) is 44.1 Å². The lowest BCUT2D eigenvalue weighted by molar-refractivity contribution is -0.130. The van der Waals surface area contributed by atoms with E-state index in [1.165, 1.54) is 0 Å². The van der Waals surface area contributed by atoms with E-state index in [9.17, 15) is 4.79 Å². The van der Waals surface area contributed by atoms with E-state index in [2.05, 4.69) is 6.07 Å². The van der Waals surface area contributed by atoms with Gasteiger partial charge in [0.25, 0.3) is 0 Å². The highest BCUT2D eigenvalue weighted by Gasteiger charge is 2.07. The molecule has 0 heterocycles. The van der Waals surface area contributed by atoms with Crippen molar-refractivity contribution in [2.24, 2.45) is 0 Å². The van der Waals surface area contributed by atoms with Crippen LogP contribution >= 0.6 is 0 Å². The number of rotatable bonds is 4. The Hall–Kier alpha value is -1.82. The van der Waals surface area contributed by atoms with Crippen molar-refractivity contribution in [3.63, 3.8) is 0 Å². The molecule has 3 nitrogen and oxygen atoms in total. The summed E-state index contributed by atoms with van der Waals surface area (Å²) >= 11 is 0. The molecule has 0 unspecified atom stereocenters. The summed E-state index contributed by atoms with van der Waals surface area (Å²) in [7, 11) is 1.79. The Morgan fingerprint density at radius 1 is 1.50 bits per heavy atom. The molecule has 0 atom stereocenters. The molecule has 0 aliphatic heterocycles. The minimum Gasteiger partial charge on any atom is -0.341 e. The fourth-order valence-electron chi connectivity index (χ4n) is 1.51. The monoisotopic (exact) mass is 216 g/mol. The Morgan fingerprint density at radius 3 is 2.88 bits per heavy atom. The molecule has 0 aromatic heterocycles. The molecule has 16 heavy (non-hydrogen) atoms. The first-order valence-electron chi connectivity index (χ1n) is 5.40. The van der Waals surface area contributed by atoms with Gasteiger partial charge in [0.05, 0.1) is 11.6 Å². The summed E-state index contributed by atoms with van der Waals surface area (Å²) in [5.74, 6) is 0.143. The molecule has 1 aromatic rings. The van der Waals surface area contributed by atoms with Crippen molar-refractivity contribution in [1.29, 1.82) is 5.26 Å². The number of hydrogen-bond acceptors (Lipinski definition) is 2. The van der Waals surface area contributed by atoms with Crippen LogP contribution < -0.4 is 0 Å². The van der Waals surface area contributed by atoms with Gasteiger partial charge in [-0.25, -0.2) is 0 Å². The van der Waals surface area contributed by atoms with Gasteiger partial charge in [-0.3, -0.25) is 4.79 Å². The molecule has 1 rings (SSSR count). The van der Waals surface area contributed by atoms with Gasteiger partial charge in [-0.05, 0) is 24.1 Å². The first kappa shape index (κ1) is 12.3. The third-order valence-electron chi connectivity index (χ3n) is 2.37. The summed E-state index contributed by atoms with van der Waals surface area (Å²) in [4.78, 5) is 13.3. The zero-order valence-corrected chi connectivity index (χ0v) is 9.73. The molecule has 0 N–H and O–H groups in total. The predicted molar refractivity (Wildman–Crippen MR) is 62.5 cm³/mol.